The minimum absolute atomic E-state index is 0.0599. The maximum absolute atomic E-state index is 14.4. The molecule has 1 aromatic heterocycles. The van der Waals surface area contributed by atoms with Gasteiger partial charge in [-0.25, -0.2) is 4.39 Å². The first-order valence-electron chi connectivity index (χ1n) is 15.6. The second-order valence-corrected chi connectivity index (χ2v) is 11.9. The number of amides is 1. The van der Waals surface area contributed by atoms with Crippen molar-refractivity contribution in [1.82, 2.24) is 34.9 Å². The van der Waals surface area contributed by atoms with Crippen molar-refractivity contribution in [2.24, 2.45) is 0 Å². The lowest BCUT2D eigenvalue weighted by atomic mass is 9.81. The summed E-state index contributed by atoms with van der Waals surface area (Å²) in [7, 11) is 0. The smallest absolute Gasteiger partial charge is 0.336 e. The lowest BCUT2D eigenvalue weighted by Gasteiger charge is -2.53. The Morgan fingerprint density at radius 1 is 0.978 bits per heavy atom. The van der Waals surface area contributed by atoms with E-state index in [1.807, 2.05) is 24.0 Å². The van der Waals surface area contributed by atoms with Crippen molar-refractivity contribution in [2.75, 3.05) is 46.0 Å². The van der Waals surface area contributed by atoms with E-state index in [1.165, 1.54) is 11.1 Å². The number of hydrogen-bond donors (Lipinski definition) is 0. The Morgan fingerprint density at radius 2 is 1.67 bits per heavy atom. The maximum Gasteiger partial charge on any atom is 0.336 e. The van der Waals surface area contributed by atoms with Gasteiger partial charge < -0.3 is 9.64 Å². The van der Waals surface area contributed by atoms with E-state index in [9.17, 15) is 18.0 Å². The lowest BCUT2D eigenvalue weighted by molar-refractivity contribution is -0.134. The van der Waals surface area contributed by atoms with Crippen molar-refractivity contribution in [3.05, 3.63) is 101 Å². The summed E-state index contributed by atoms with van der Waals surface area (Å²) in [4.78, 5) is 19.3. The minimum atomic E-state index is -3.83. The molecule has 12 heteroatoms. The van der Waals surface area contributed by atoms with Crippen molar-refractivity contribution in [2.45, 2.75) is 44.3 Å². The fourth-order valence-electron chi connectivity index (χ4n) is 6.89. The fourth-order valence-corrected chi connectivity index (χ4v) is 6.89. The molecule has 2 aliphatic rings. The highest BCUT2D eigenvalue weighted by atomic mass is 19.3. The van der Waals surface area contributed by atoms with Crippen LogP contribution in [-0.4, -0.2) is 98.9 Å². The van der Waals surface area contributed by atoms with E-state index >= 15 is 0 Å². The standard InChI is InChI=1S/C34H38F3N7O2/c1-3-46-31-15-14-28(44-33(38-39-40-44)34(36,37)23-35)18-27(31)19-41-20-29-21-42(24(2)45)16-17-43(29)30(22-41)32(25-10-6-4-7-11-25)26-12-8-5-9-13-26/h4-15,18,29-30,32H,3,16-17,19-23H2,1-2H3/t29-,30?/m1/s1. The van der Waals surface area contributed by atoms with E-state index in [-0.39, 0.29) is 29.6 Å². The first-order chi connectivity index (χ1) is 22.3. The number of benzene rings is 3. The molecule has 242 valence electrons. The molecule has 9 nitrogen and oxygen atoms in total. The molecule has 2 fully saturated rings. The van der Waals surface area contributed by atoms with Crippen LogP contribution in [0, 0.1) is 0 Å². The molecule has 1 amide bonds. The van der Waals surface area contributed by atoms with Gasteiger partial charge in [0.1, 0.15) is 5.75 Å². The van der Waals surface area contributed by atoms with Gasteiger partial charge in [-0.2, -0.15) is 13.5 Å². The summed E-state index contributed by atoms with van der Waals surface area (Å²) in [5.74, 6) is -3.95. The summed E-state index contributed by atoms with van der Waals surface area (Å²) in [6.07, 6.45) is 0. The van der Waals surface area contributed by atoms with E-state index in [0.29, 0.717) is 38.5 Å². The van der Waals surface area contributed by atoms with Crippen molar-refractivity contribution in [1.29, 1.82) is 0 Å². The van der Waals surface area contributed by atoms with Crippen LogP contribution in [-0.2, 0) is 17.3 Å². The molecule has 4 aromatic rings. The van der Waals surface area contributed by atoms with Crippen LogP contribution < -0.4 is 4.74 Å². The van der Waals surface area contributed by atoms with E-state index in [2.05, 4.69) is 73.9 Å². The molecule has 3 heterocycles. The van der Waals surface area contributed by atoms with Crippen LogP contribution in [0.15, 0.2) is 78.9 Å². The Balaban J connectivity index is 1.38. The molecule has 0 N–H and O–H groups in total. The average Bonchev–Trinajstić information content (AvgIpc) is 3.58. The normalized spacial score (nSPS) is 19.3. The van der Waals surface area contributed by atoms with Crippen LogP contribution in [0.3, 0.4) is 0 Å². The SMILES string of the molecule is CCOc1ccc(-n2nnnc2C(F)(F)CF)cc1CN1CC(C(c2ccccc2)c2ccccc2)N2CCN(C(C)=O)C[C@H]2C1. The van der Waals surface area contributed by atoms with Crippen LogP contribution in [0.1, 0.15) is 42.3 Å². The third-order valence-corrected chi connectivity index (χ3v) is 8.96. The van der Waals surface area contributed by atoms with Gasteiger partial charge >= 0.3 is 5.92 Å². The number of halogens is 3. The third-order valence-electron chi connectivity index (χ3n) is 8.96. The molecule has 3 aromatic carbocycles. The van der Waals surface area contributed by atoms with E-state index in [1.54, 1.807) is 25.1 Å². The van der Waals surface area contributed by atoms with Crippen molar-refractivity contribution in [3.63, 3.8) is 0 Å². The quantitative estimate of drug-likeness (QED) is 0.251. The lowest BCUT2D eigenvalue weighted by Crippen LogP contribution is -2.67. The Kier molecular flexibility index (Phi) is 9.37. The van der Waals surface area contributed by atoms with Gasteiger partial charge in [-0.15, -0.1) is 5.10 Å². The number of ether oxygens (including phenoxy) is 1. The topological polar surface area (TPSA) is 79.6 Å². The molecule has 0 saturated carbocycles. The van der Waals surface area contributed by atoms with Crippen LogP contribution in [0.2, 0.25) is 0 Å². The number of piperazine rings is 2. The Hall–Kier alpha value is -4.29. The molecule has 46 heavy (non-hydrogen) atoms. The largest absolute Gasteiger partial charge is 0.494 e. The molecule has 2 atom stereocenters. The van der Waals surface area contributed by atoms with Gasteiger partial charge in [-0.3, -0.25) is 14.6 Å². The second-order valence-electron chi connectivity index (χ2n) is 11.9. The zero-order valence-electron chi connectivity index (χ0n) is 26.0. The van der Waals surface area contributed by atoms with Gasteiger partial charge in [0, 0.05) is 69.8 Å². The highest BCUT2D eigenvalue weighted by Crippen LogP contribution is 2.37. The number of tetrazole rings is 1. The van der Waals surface area contributed by atoms with Gasteiger partial charge in [-0.05, 0) is 46.7 Å². The second kappa shape index (κ2) is 13.6. The van der Waals surface area contributed by atoms with Gasteiger partial charge in [0.2, 0.25) is 11.7 Å². The zero-order chi connectivity index (χ0) is 32.3. The van der Waals surface area contributed by atoms with E-state index < -0.39 is 18.4 Å². The highest BCUT2D eigenvalue weighted by Gasteiger charge is 2.43. The Bertz CT molecular complexity index is 1580. The molecule has 1 unspecified atom stereocenters. The van der Waals surface area contributed by atoms with Crippen molar-refractivity contribution in [3.8, 4) is 11.4 Å². The number of alkyl halides is 3. The number of carbonyl (C=O) groups excluding carboxylic acids is 1. The molecular weight excluding hydrogens is 595 g/mol. The van der Waals surface area contributed by atoms with Gasteiger partial charge in [0.05, 0.1) is 12.3 Å². The summed E-state index contributed by atoms with van der Waals surface area (Å²) < 4.78 is 48.8. The summed E-state index contributed by atoms with van der Waals surface area (Å²) in [5.41, 5.74) is 3.48. The third kappa shape index (κ3) is 6.50. The molecule has 0 aliphatic carbocycles. The number of aromatic nitrogens is 4. The fraction of sp³-hybridized carbons (Fsp3) is 0.412. The molecule has 0 spiro atoms. The molecule has 6 rings (SSSR count). The number of nitrogens with zero attached hydrogens (tertiary/aromatic N) is 7. The van der Waals surface area contributed by atoms with E-state index in [4.69, 9.17) is 4.74 Å². The van der Waals surface area contributed by atoms with Crippen LogP contribution in [0.4, 0.5) is 13.2 Å². The predicted octanol–water partition coefficient (Wildman–Crippen LogP) is 4.67. The molecule has 0 radical (unpaired) electrons. The monoisotopic (exact) mass is 633 g/mol. The van der Waals surface area contributed by atoms with Crippen LogP contribution >= 0.6 is 0 Å². The average molecular weight is 634 g/mol. The molecular formula is C34H38F3N7O2. The van der Waals surface area contributed by atoms with Crippen LogP contribution in [0.5, 0.6) is 5.75 Å². The number of fused-ring (bicyclic) bond motifs is 1. The molecule has 0 bridgehead atoms. The first kappa shape index (κ1) is 31.7. The first-order valence-corrected chi connectivity index (χ1v) is 15.6. The number of hydrogen-bond acceptors (Lipinski definition) is 7. The Morgan fingerprint density at radius 3 is 2.30 bits per heavy atom. The minimum Gasteiger partial charge on any atom is -0.494 e. The van der Waals surface area contributed by atoms with Gasteiger partial charge in [0.15, 0.2) is 6.67 Å². The molecule has 2 aliphatic heterocycles. The van der Waals surface area contributed by atoms with Gasteiger partial charge in [-0.1, -0.05) is 60.7 Å². The molecule has 2 saturated heterocycles. The van der Waals surface area contributed by atoms with Crippen molar-refractivity contribution < 1.29 is 22.7 Å². The Labute approximate surface area is 266 Å². The zero-order valence-corrected chi connectivity index (χ0v) is 26.0. The maximum atomic E-state index is 14.4. The summed E-state index contributed by atoms with van der Waals surface area (Å²) >= 11 is 0. The predicted molar refractivity (Wildman–Crippen MR) is 167 cm³/mol. The van der Waals surface area contributed by atoms with Crippen molar-refractivity contribution >= 4 is 5.91 Å². The summed E-state index contributed by atoms with van der Waals surface area (Å²) in [5, 5.41) is 10.6. The summed E-state index contributed by atoms with van der Waals surface area (Å²) in [6.45, 7) is 5.93. The number of carbonyl (C=O) groups is 1. The summed E-state index contributed by atoms with van der Waals surface area (Å²) in [6, 6.07) is 26.2. The van der Waals surface area contributed by atoms with Crippen LogP contribution in [0.25, 0.3) is 5.69 Å². The van der Waals surface area contributed by atoms with Gasteiger partial charge in [0.25, 0.3) is 0 Å². The highest BCUT2D eigenvalue weighted by molar-refractivity contribution is 5.73. The van der Waals surface area contributed by atoms with E-state index in [0.717, 1.165) is 23.3 Å². The number of rotatable bonds is 10.